The molecule has 0 aliphatic carbocycles. The van der Waals surface area contributed by atoms with Crippen molar-refractivity contribution in [1.29, 1.82) is 0 Å². The number of nitrogens with zero attached hydrogens (tertiary/aromatic N) is 3. The van der Waals surface area contributed by atoms with Gasteiger partial charge in [-0.05, 0) is 5.92 Å². The molecule has 0 aromatic carbocycles. The van der Waals surface area contributed by atoms with Gasteiger partial charge in [-0.3, -0.25) is 0 Å². The zero-order chi connectivity index (χ0) is 13.2. The first-order valence-electron chi connectivity index (χ1n) is 6.45. The Labute approximate surface area is 121 Å². The molecule has 1 aliphatic heterocycles. The van der Waals surface area contributed by atoms with Crippen molar-refractivity contribution in [1.82, 2.24) is 9.97 Å². The molecule has 0 N–H and O–H groups in total. The van der Waals surface area contributed by atoms with Crippen LogP contribution in [0.3, 0.4) is 0 Å². The fraction of sp³-hybridized carbons (Fsp3) is 0.538. The van der Waals surface area contributed by atoms with Crippen molar-refractivity contribution in [2.24, 2.45) is 0 Å². The molecule has 3 rings (SSSR count). The summed E-state index contributed by atoms with van der Waals surface area (Å²) in [7, 11) is 0. The summed E-state index contributed by atoms with van der Waals surface area (Å²) in [4.78, 5) is 12.6. The lowest BCUT2D eigenvalue weighted by Crippen LogP contribution is -2.38. The Balaban J connectivity index is 1.74. The molecular weight excluding hydrogens is 278 g/mol. The largest absolute Gasteiger partial charge is 0.367 e. The summed E-state index contributed by atoms with van der Waals surface area (Å²) < 4.78 is 5.81. The summed E-state index contributed by atoms with van der Waals surface area (Å²) in [5, 5.41) is 4.16. The number of thiazole rings is 2. The Hall–Kier alpha value is -0.980. The molecule has 1 fully saturated rings. The summed E-state index contributed by atoms with van der Waals surface area (Å²) >= 11 is 3.45. The molecule has 2 aromatic heterocycles. The molecule has 0 radical (unpaired) electrons. The average Bonchev–Trinajstić information content (AvgIpc) is 3.10. The van der Waals surface area contributed by atoms with Gasteiger partial charge in [-0.15, -0.1) is 22.7 Å². The highest BCUT2D eigenvalue weighted by molar-refractivity contribution is 7.15. The van der Waals surface area contributed by atoms with Crippen molar-refractivity contribution < 1.29 is 4.74 Å². The van der Waals surface area contributed by atoms with Crippen LogP contribution in [0.15, 0.2) is 17.8 Å². The van der Waals surface area contributed by atoms with Gasteiger partial charge in [0.15, 0.2) is 5.13 Å². The Morgan fingerprint density at radius 3 is 3.00 bits per heavy atom. The van der Waals surface area contributed by atoms with E-state index >= 15 is 0 Å². The van der Waals surface area contributed by atoms with Crippen molar-refractivity contribution in [3.8, 4) is 0 Å². The third-order valence-corrected chi connectivity index (χ3v) is 5.37. The number of ether oxygens (including phenoxy) is 1. The van der Waals surface area contributed by atoms with Gasteiger partial charge in [0, 0.05) is 29.2 Å². The fourth-order valence-electron chi connectivity index (χ4n) is 2.06. The van der Waals surface area contributed by atoms with E-state index in [1.165, 1.54) is 4.88 Å². The van der Waals surface area contributed by atoms with Crippen LogP contribution in [-0.4, -0.2) is 29.7 Å². The van der Waals surface area contributed by atoms with Crippen LogP contribution in [0.4, 0.5) is 5.13 Å². The molecule has 0 spiro atoms. The van der Waals surface area contributed by atoms with Crippen molar-refractivity contribution in [3.63, 3.8) is 0 Å². The molecule has 1 saturated heterocycles. The van der Waals surface area contributed by atoms with Crippen molar-refractivity contribution in [2.45, 2.75) is 25.9 Å². The van der Waals surface area contributed by atoms with Gasteiger partial charge in [0.05, 0.1) is 13.2 Å². The van der Waals surface area contributed by atoms with E-state index < -0.39 is 0 Å². The van der Waals surface area contributed by atoms with Crippen molar-refractivity contribution >= 4 is 27.8 Å². The van der Waals surface area contributed by atoms with Crippen LogP contribution in [0.5, 0.6) is 0 Å². The van der Waals surface area contributed by atoms with Gasteiger partial charge >= 0.3 is 0 Å². The Bertz CT molecular complexity index is 524. The second kappa shape index (κ2) is 5.56. The van der Waals surface area contributed by atoms with E-state index in [1.807, 2.05) is 17.8 Å². The van der Waals surface area contributed by atoms with Gasteiger partial charge in [-0.1, -0.05) is 13.8 Å². The first kappa shape index (κ1) is 13.0. The van der Waals surface area contributed by atoms with Crippen LogP contribution >= 0.6 is 22.7 Å². The number of anilines is 1. The van der Waals surface area contributed by atoms with Crippen molar-refractivity contribution in [3.05, 3.63) is 27.7 Å². The maximum atomic E-state index is 5.81. The van der Waals surface area contributed by atoms with Crippen LogP contribution in [0.25, 0.3) is 0 Å². The second-order valence-electron chi connectivity index (χ2n) is 4.88. The molecule has 0 bridgehead atoms. The highest BCUT2D eigenvalue weighted by atomic mass is 32.1. The third-order valence-electron chi connectivity index (χ3n) is 3.14. The molecule has 1 aliphatic rings. The first-order valence-corrected chi connectivity index (χ1v) is 8.15. The summed E-state index contributed by atoms with van der Waals surface area (Å²) in [6.07, 6.45) is 3.92. The predicted octanol–water partition coefficient (Wildman–Crippen LogP) is 3.30. The number of hydrogen-bond donors (Lipinski definition) is 0. The molecule has 4 nitrogen and oxygen atoms in total. The second-order valence-corrected chi connectivity index (χ2v) is 6.84. The summed E-state index contributed by atoms with van der Waals surface area (Å²) in [6, 6.07) is 0. The molecular formula is C13H17N3OS2. The predicted molar refractivity (Wildman–Crippen MR) is 79.2 cm³/mol. The lowest BCUT2D eigenvalue weighted by Gasteiger charge is -2.31. The normalized spacial score (nSPS) is 20.2. The quantitative estimate of drug-likeness (QED) is 0.871. The molecule has 1 atom stereocenters. The van der Waals surface area contributed by atoms with Crippen LogP contribution in [0.1, 0.15) is 35.8 Å². The number of aromatic nitrogens is 2. The van der Waals surface area contributed by atoms with E-state index in [2.05, 4.69) is 28.7 Å². The van der Waals surface area contributed by atoms with E-state index in [0.29, 0.717) is 5.92 Å². The van der Waals surface area contributed by atoms with E-state index in [1.54, 1.807) is 22.7 Å². The zero-order valence-electron chi connectivity index (χ0n) is 11.1. The van der Waals surface area contributed by atoms with Gasteiger partial charge in [0.1, 0.15) is 11.1 Å². The maximum Gasteiger partial charge on any atom is 0.185 e. The smallest absolute Gasteiger partial charge is 0.185 e. The molecule has 0 amide bonds. The van der Waals surface area contributed by atoms with E-state index in [4.69, 9.17) is 4.74 Å². The molecule has 0 saturated carbocycles. The van der Waals surface area contributed by atoms with Crippen molar-refractivity contribution in [2.75, 3.05) is 24.6 Å². The van der Waals surface area contributed by atoms with Gasteiger partial charge in [-0.2, -0.15) is 0 Å². The van der Waals surface area contributed by atoms with Crippen LogP contribution in [0, 0.1) is 0 Å². The highest BCUT2D eigenvalue weighted by Gasteiger charge is 2.25. The number of morpholine rings is 1. The van der Waals surface area contributed by atoms with Gasteiger partial charge in [0.2, 0.25) is 0 Å². The Kier molecular flexibility index (Phi) is 3.81. The van der Waals surface area contributed by atoms with Gasteiger partial charge in [0.25, 0.3) is 0 Å². The standard InChI is InChI=1S/C13H17N3OS2/c1-9(2)11-7-15-13(19-11)16-4-5-17-10(8-16)12-14-3-6-18-12/h3,6-7,9-10H,4-5,8H2,1-2H3/t10-/m1/s1. The summed E-state index contributed by atoms with van der Waals surface area (Å²) in [5.74, 6) is 0.544. The first-order chi connectivity index (χ1) is 9.24. The molecule has 2 aromatic rings. The van der Waals surface area contributed by atoms with Crippen LogP contribution < -0.4 is 4.90 Å². The monoisotopic (exact) mass is 295 g/mol. The Morgan fingerprint density at radius 2 is 2.32 bits per heavy atom. The molecule has 3 heterocycles. The number of hydrogen-bond acceptors (Lipinski definition) is 6. The number of rotatable bonds is 3. The van der Waals surface area contributed by atoms with E-state index in [-0.39, 0.29) is 6.10 Å². The average molecular weight is 295 g/mol. The SMILES string of the molecule is CC(C)c1cnc(N2CCO[C@@H](c3nccs3)C2)s1. The minimum atomic E-state index is 0.0835. The van der Waals surface area contributed by atoms with Gasteiger partial charge in [-0.25, -0.2) is 9.97 Å². The van der Waals surface area contributed by atoms with E-state index in [9.17, 15) is 0 Å². The minimum absolute atomic E-state index is 0.0835. The molecule has 19 heavy (non-hydrogen) atoms. The highest BCUT2D eigenvalue weighted by Crippen LogP contribution is 2.32. The lowest BCUT2D eigenvalue weighted by molar-refractivity contribution is 0.0396. The molecule has 0 unspecified atom stereocenters. The summed E-state index contributed by atoms with van der Waals surface area (Å²) in [6.45, 7) is 6.90. The third kappa shape index (κ3) is 2.80. The molecule has 6 heteroatoms. The minimum Gasteiger partial charge on any atom is -0.367 e. The molecule has 102 valence electrons. The van der Waals surface area contributed by atoms with Crippen LogP contribution in [-0.2, 0) is 4.74 Å². The maximum absolute atomic E-state index is 5.81. The zero-order valence-corrected chi connectivity index (χ0v) is 12.7. The van der Waals surface area contributed by atoms with Crippen LogP contribution in [0.2, 0.25) is 0 Å². The van der Waals surface area contributed by atoms with E-state index in [0.717, 1.165) is 29.8 Å². The fourth-order valence-corrected chi connectivity index (χ4v) is 3.69. The Morgan fingerprint density at radius 1 is 1.42 bits per heavy atom. The topological polar surface area (TPSA) is 38.2 Å². The van der Waals surface area contributed by atoms with Gasteiger partial charge < -0.3 is 9.64 Å². The lowest BCUT2D eigenvalue weighted by atomic mass is 10.2. The summed E-state index contributed by atoms with van der Waals surface area (Å²) in [5.41, 5.74) is 0.